The van der Waals surface area contributed by atoms with Crippen LogP contribution in [0.2, 0.25) is 5.02 Å². The molecule has 0 spiro atoms. The number of carboxylic acid groups (broad SMARTS) is 1. The van der Waals surface area contributed by atoms with E-state index in [2.05, 4.69) is 25.9 Å². The number of pyridine rings is 1. The van der Waals surface area contributed by atoms with Gasteiger partial charge in [-0.25, -0.2) is 19.2 Å². The van der Waals surface area contributed by atoms with Gasteiger partial charge in [0, 0.05) is 36.3 Å². The number of halogens is 2. The Morgan fingerprint density at radius 1 is 1.23 bits per heavy atom. The quantitative estimate of drug-likeness (QED) is 0.318. The first-order valence-electron chi connectivity index (χ1n) is 12.6. The summed E-state index contributed by atoms with van der Waals surface area (Å²) in [6.07, 6.45) is 3.87. The summed E-state index contributed by atoms with van der Waals surface area (Å²) >= 11 is 5.82. The molecule has 6 rings (SSSR count). The monoisotopic (exact) mass is 553 g/mol. The normalized spacial score (nSPS) is 17.7. The number of ether oxygens (including phenoxy) is 2. The van der Waals surface area contributed by atoms with Gasteiger partial charge in [-0.05, 0) is 36.6 Å². The Labute approximate surface area is 227 Å². The van der Waals surface area contributed by atoms with Gasteiger partial charge in [-0.2, -0.15) is 4.98 Å². The van der Waals surface area contributed by atoms with Gasteiger partial charge in [0.25, 0.3) is 0 Å². The van der Waals surface area contributed by atoms with Gasteiger partial charge in [-0.15, -0.1) is 0 Å². The fraction of sp³-hybridized carbons (Fsp3) is 0.333. The highest BCUT2D eigenvalue weighted by molar-refractivity contribution is 6.30. The second-order valence-corrected chi connectivity index (χ2v) is 9.91. The zero-order valence-electron chi connectivity index (χ0n) is 20.8. The number of carbonyl (C=O) groups is 1. The Bertz CT molecular complexity index is 1560. The second kappa shape index (κ2) is 10.8. The Hall–Kier alpha value is -3.80. The molecule has 0 amide bonds. The minimum absolute atomic E-state index is 0.0455. The third kappa shape index (κ3) is 5.51. The number of imidazole rings is 1. The van der Waals surface area contributed by atoms with Gasteiger partial charge < -0.3 is 19.0 Å². The molecule has 0 radical (unpaired) electrons. The molecule has 2 aliphatic rings. The number of carboxylic acids is 1. The number of nitrogens with zero attached hydrogens (tertiary/aromatic N) is 5. The summed E-state index contributed by atoms with van der Waals surface area (Å²) in [4.78, 5) is 26.8. The van der Waals surface area contributed by atoms with Crippen LogP contribution in [0.25, 0.3) is 16.9 Å². The van der Waals surface area contributed by atoms with E-state index in [1.807, 2.05) is 16.7 Å². The van der Waals surface area contributed by atoms with Crippen LogP contribution < -0.4 is 4.74 Å². The molecule has 39 heavy (non-hydrogen) atoms. The summed E-state index contributed by atoms with van der Waals surface area (Å²) in [5, 5.41) is 9.58. The number of hydrogen-bond acceptors (Lipinski definition) is 8. The summed E-state index contributed by atoms with van der Waals surface area (Å²) < 4.78 is 32.8. The molecular weight excluding hydrogens is 529 g/mol. The van der Waals surface area contributed by atoms with Crippen LogP contribution in [-0.2, 0) is 24.4 Å². The van der Waals surface area contributed by atoms with Crippen LogP contribution in [0.4, 0.5) is 4.39 Å². The summed E-state index contributed by atoms with van der Waals surface area (Å²) in [5.74, 6) is -0.843. The summed E-state index contributed by atoms with van der Waals surface area (Å²) in [5.41, 5.74) is 2.96. The van der Waals surface area contributed by atoms with Crippen LogP contribution in [-0.4, -0.2) is 61.3 Å². The average Bonchev–Trinajstić information content (AvgIpc) is 3.45. The average molecular weight is 554 g/mol. The molecule has 1 fully saturated rings. The summed E-state index contributed by atoms with van der Waals surface area (Å²) in [6.45, 7) is 3.30. The van der Waals surface area contributed by atoms with Gasteiger partial charge in [0.15, 0.2) is 0 Å². The van der Waals surface area contributed by atoms with E-state index in [-0.39, 0.29) is 24.2 Å². The van der Waals surface area contributed by atoms with E-state index in [0.29, 0.717) is 48.4 Å². The molecule has 0 unspecified atom stereocenters. The minimum atomic E-state index is -1.23. The maximum Gasteiger partial charge on any atom is 0.392 e. The standard InChI is InChI=1S/C27H25ClFN5O5/c28-18-5-4-17(20(29)12-18)15-38-23-3-1-2-21(30-23)16-6-9-33(10-7-16)14-22-31-24-26(39-25(32-24)27(35)36)34(22)13-19-8-11-37-19/h1-6,12,19H,7-11,13-15H2,(H,35,36)/t19-/m0/s1. The van der Waals surface area contributed by atoms with E-state index < -0.39 is 11.8 Å². The molecule has 202 valence electrons. The van der Waals surface area contributed by atoms with E-state index in [0.717, 1.165) is 36.5 Å². The van der Waals surface area contributed by atoms with Crippen molar-refractivity contribution in [1.29, 1.82) is 0 Å². The van der Waals surface area contributed by atoms with Crippen LogP contribution in [0.3, 0.4) is 0 Å². The van der Waals surface area contributed by atoms with Gasteiger partial charge in [-0.3, -0.25) is 9.47 Å². The van der Waals surface area contributed by atoms with Crippen molar-refractivity contribution in [2.24, 2.45) is 0 Å². The first kappa shape index (κ1) is 25.5. The third-order valence-electron chi connectivity index (χ3n) is 6.85. The minimum Gasteiger partial charge on any atom is -0.474 e. The van der Waals surface area contributed by atoms with Crippen LogP contribution in [0.15, 0.2) is 46.9 Å². The lowest BCUT2D eigenvalue weighted by Gasteiger charge is -2.29. The SMILES string of the molecule is O=C(O)c1nc2nc(CN3CC=C(c4cccc(OCc5ccc(Cl)cc5F)n4)CC3)n(C[C@@H]3CCO3)c2o1. The van der Waals surface area contributed by atoms with Gasteiger partial charge in [0.2, 0.25) is 17.2 Å². The first-order chi connectivity index (χ1) is 18.9. The molecule has 10 nitrogen and oxygen atoms in total. The zero-order chi connectivity index (χ0) is 26.9. The molecule has 0 aliphatic carbocycles. The summed E-state index contributed by atoms with van der Waals surface area (Å²) in [7, 11) is 0. The number of benzene rings is 1. The lowest BCUT2D eigenvalue weighted by Crippen LogP contribution is -2.33. The highest BCUT2D eigenvalue weighted by Crippen LogP contribution is 2.26. The molecule has 2 aliphatic heterocycles. The number of aromatic nitrogens is 4. The number of fused-ring (bicyclic) bond motifs is 1. The van der Waals surface area contributed by atoms with Crippen molar-refractivity contribution in [3.8, 4) is 5.88 Å². The van der Waals surface area contributed by atoms with E-state index in [1.165, 1.54) is 6.07 Å². The van der Waals surface area contributed by atoms with Crippen LogP contribution in [0.1, 0.15) is 40.6 Å². The number of oxazole rings is 1. The number of hydrogen-bond donors (Lipinski definition) is 1. The lowest BCUT2D eigenvalue weighted by molar-refractivity contribution is -0.0595. The van der Waals surface area contributed by atoms with E-state index in [4.69, 9.17) is 25.5 Å². The Kier molecular flexibility index (Phi) is 7.03. The third-order valence-corrected chi connectivity index (χ3v) is 7.08. The lowest BCUT2D eigenvalue weighted by atomic mass is 10.0. The van der Waals surface area contributed by atoms with E-state index in [9.17, 15) is 14.3 Å². The highest BCUT2D eigenvalue weighted by atomic mass is 35.5. The number of aromatic carboxylic acids is 1. The largest absolute Gasteiger partial charge is 0.474 e. The van der Waals surface area contributed by atoms with Crippen molar-refractivity contribution in [3.05, 3.63) is 76.3 Å². The summed E-state index contributed by atoms with van der Waals surface area (Å²) in [6, 6.07) is 10.0. The molecule has 1 saturated heterocycles. The zero-order valence-corrected chi connectivity index (χ0v) is 21.6. The molecule has 1 atom stereocenters. The molecule has 0 saturated carbocycles. The van der Waals surface area contributed by atoms with Gasteiger partial charge >= 0.3 is 11.9 Å². The molecule has 12 heteroatoms. The van der Waals surface area contributed by atoms with Gasteiger partial charge in [0.05, 0.1) is 24.9 Å². The van der Waals surface area contributed by atoms with Crippen molar-refractivity contribution < 1.29 is 28.2 Å². The maximum absolute atomic E-state index is 14.1. The Morgan fingerprint density at radius 3 is 2.82 bits per heavy atom. The van der Waals surface area contributed by atoms with Crippen molar-refractivity contribution in [3.63, 3.8) is 0 Å². The topological polar surface area (TPSA) is 116 Å². The molecule has 4 aromatic rings. The Balaban J connectivity index is 1.13. The molecule has 1 aromatic carbocycles. The van der Waals surface area contributed by atoms with Crippen molar-refractivity contribution in [2.45, 2.75) is 38.6 Å². The molecule has 0 bridgehead atoms. The predicted octanol–water partition coefficient (Wildman–Crippen LogP) is 4.57. The molecule has 1 N–H and O–H groups in total. The van der Waals surface area contributed by atoms with Crippen molar-refractivity contribution in [1.82, 2.24) is 24.4 Å². The fourth-order valence-corrected chi connectivity index (χ4v) is 4.80. The first-order valence-corrected chi connectivity index (χ1v) is 13.0. The van der Waals surface area contributed by atoms with Crippen LogP contribution in [0.5, 0.6) is 5.88 Å². The smallest absolute Gasteiger partial charge is 0.392 e. The van der Waals surface area contributed by atoms with E-state index >= 15 is 0 Å². The van der Waals surface area contributed by atoms with Gasteiger partial charge in [-0.1, -0.05) is 29.8 Å². The Morgan fingerprint density at radius 2 is 2.10 bits per heavy atom. The molecular formula is C27H25ClFN5O5. The molecule has 3 aromatic heterocycles. The van der Waals surface area contributed by atoms with E-state index in [1.54, 1.807) is 18.2 Å². The molecule has 5 heterocycles. The van der Waals surface area contributed by atoms with Crippen molar-refractivity contribution >= 4 is 34.5 Å². The van der Waals surface area contributed by atoms with Crippen LogP contribution >= 0.6 is 11.6 Å². The maximum atomic E-state index is 14.1. The highest BCUT2D eigenvalue weighted by Gasteiger charge is 2.27. The second-order valence-electron chi connectivity index (χ2n) is 9.47. The number of rotatable bonds is 9. The van der Waals surface area contributed by atoms with Crippen molar-refractivity contribution in [2.75, 3.05) is 19.7 Å². The van der Waals surface area contributed by atoms with Crippen LogP contribution in [0, 0.1) is 5.82 Å². The van der Waals surface area contributed by atoms with Gasteiger partial charge in [0.1, 0.15) is 18.2 Å². The fourth-order valence-electron chi connectivity index (χ4n) is 4.64. The predicted molar refractivity (Wildman–Crippen MR) is 139 cm³/mol.